The second kappa shape index (κ2) is 36.8. The molecule has 12 amide bonds. The molecule has 107 heavy (non-hydrogen) atoms. The number of fused-ring (bicyclic) bond motifs is 3. The molecule has 4 fully saturated rings. The quantitative estimate of drug-likeness (QED) is 0.162. The lowest BCUT2D eigenvalue weighted by atomic mass is 9.74. The minimum atomic E-state index is -4.82. The Labute approximate surface area is 621 Å². The van der Waals surface area contributed by atoms with Gasteiger partial charge in [0.15, 0.2) is 0 Å². The molecule has 32 heteroatoms. The fourth-order valence-corrected chi connectivity index (χ4v) is 15.0. The Morgan fingerprint density at radius 1 is 0.673 bits per heavy atom. The lowest BCUT2D eigenvalue weighted by Gasteiger charge is -2.46. The monoisotopic (exact) mass is 1510 g/mol. The second-order valence-electron chi connectivity index (χ2n) is 29.3. The van der Waals surface area contributed by atoms with Crippen LogP contribution in [0.15, 0.2) is 54.6 Å². The van der Waals surface area contributed by atoms with Crippen molar-refractivity contribution >= 4 is 70.9 Å². The Balaban J connectivity index is 1.34. The number of likely N-dealkylation sites (N-methyl/N-ethyl adjacent to an activating group) is 7. The molecular weight excluding hydrogens is 1410 g/mol. The van der Waals surface area contributed by atoms with Crippen LogP contribution in [0.5, 0.6) is 5.75 Å². The van der Waals surface area contributed by atoms with Crippen LogP contribution in [0.2, 0.25) is 0 Å². The SMILES string of the molecule is CCC[C@H]1C(=O)N[C@@H]([C@@H](C)CC)C(=O)N(C)CC(=O)N(C)[C@H]2C/C=C\CCN(C2=O)[C@@H](Cc2ccc(C(F)(F)F)cc2)C(=O)N(C)CC(=O)N[C@@H](CCc2ccc(C(F)(F)F)c(OC)c2)C(=O)N2C[C@H](OCC)C[C@H]2C(=O)NC2(CCC2)C(=O)N(C)[C@@H](C2CCCC2)C(=O)N(C)[C@H](C(=O)N(C)C)CC(=O)N1C. The van der Waals surface area contributed by atoms with E-state index in [0.717, 1.165) is 68.0 Å². The summed E-state index contributed by atoms with van der Waals surface area (Å²) in [6.07, 6.45) is -5.02. The van der Waals surface area contributed by atoms with E-state index >= 15 is 28.8 Å². The first-order chi connectivity index (χ1) is 50.3. The van der Waals surface area contributed by atoms with Gasteiger partial charge in [-0.25, -0.2) is 0 Å². The zero-order valence-electron chi connectivity index (χ0n) is 63.6. The van der Waals surface area contributed by atoms with Crippen molar-refractivity contribution in [3.05, 3.63) is 76.9 Å². The molecular formula is C75H106F6N12O14. The fraction of sp³-hybridized carbons (Fsp3) is 0.653. The number of alkyl halides is 6. The maximum atomic E-state index is 15.6. The molecule has 0 radical (unpaired) electrons. The zero-order valence-corrected chi connectivity index (χ0v) is 63.6. The summed E-state index contributed by atoms with van der Waals surface area (Å²) in [5, 5.41) is 8.48. The topological polar surface area (TPSA) is 289 Å². The van der Waals surface area contributed by atoms with Gasteiger partial charge >= 0.3 is 12.4 Å². The van der Waals surface area contributed by atoms with E-state index in [1.165, 1.54) is 82.0 Å². The summed E-state index contributed by atoms with van der Waals surface area (Å²) in [5.41, 5.74) is -3.38. The number of hydrogen-bond acceptors (Lipinski definition) is 14. The van der Waals surface area contributed by atoms with Gasteiger partial charge in [-0.3, -0.25) is 57.5 Å². The van der Waals surface area contributed by atoms with Crippen molar-refractivity contribution in [3.63, 3.8) is 0 Å². The Morgan fingerprint density at radius 3 is 1.90 bits per heavy atom. The van der Waals surface area contributed by atoms with E-state index < -0.39 is 198 Å². The van der Waals surface area contributed by atoms with Gasteiger partial charge in [0.25, 0.3) is 0 Å². The molecule has 10 atom stereocenters. The number of carbonyl (C=O) groups excluding carboxylic acids is 12. The van der Waals surface area contributed by atoms with Crippen LogP contribution >= 0.6 is 0 Å². The number of amides is 12. The molecule has 2 aromatic carbocycles. The first-order valence-electron chi connectivity index (χ1n) is 36.8. The van der Waals surface area contributed by atoms with Crippen molar-refractivity contribution in [1.29, 1.82) is 0 Å². The van der Waals surface area contributed by atoms with Crippen molar-refractivity contribution in [1.82, 2.24) is 60.0 Å². The molecule has 2 saturated heterocycles. The third-order valence-electron chi connectivity index (χ3n) is 21.8. The van der Waals surface area contributed by atoms with E-state index in [2.05, 4.69) is 16.0 Å². The number of carbonyl (C=O) groups is 12. The average Bonchev–Trinajstić information content (AvgIpc) is 1.70. The molecule has 5 aliphatic rings. The fourth-order valence-electron chi connectivity index (χ4n) is 15.0. The van der Waals surface area contributed by atoms with Crippen molar-refractivity contribution < 1.29 is 93.4 Å². The van der Waals surface area contributed by atoms with Crippen molar-refractivity contribution in [3.8, 4) is 5.75 Å². The number of ether oxygens (including phenoxy) is 2. The van der Waals surface area contributed by atoms with Gasteiger partial charge in [0.05, 0.1) is 43.9 Å². The molecule has 2 bridgehead atoms. The second-order valence-corrected chi connectivity index (χ2v) is 29.3. The number of aryl methyl sites for hydroxylation is 1. The van der Waals surface area contributed by atoms with E-state index in [4.69, 9.17) is 9.47 Å². The van der Waals surface area contributed by atoms with Crippen molar-refractivity contribution in [2.45, 2.75) is 209 Å². The highest BCUT2D eigenvalue weighted by Gasteiger charge is 2.54. The van der Waals surface area contributed by atoms with Gasteiger partial charge in [-0.1, -0.05) is 76.8 Å². The lowest BCUT2D eigenvalue weighted by Crippen LogP contribution is -2.68. The summed E-state index contributed by atoms with van der Waals surface area (Å²) in [6.45, 7) is 5.11. The summed E-state index contributed by atoms with van der Waals surface area (Å²) in [7, 11) is 11.9. The normalized spacial score (nSPS) is 26.1. The molecule has 2 aromatic rings. The molecule has 3 N–H and O–H groups in total. The minimum Gasteiger partial charge on any atom is -0.496 e. The molecule has 7 rings (SSSR count). The summed E-state index contributed by atoms with van der Waals surface area (Å²) < 4.78 is 95.6. The van der Waals surface area contributed by atoms with E-state index in [1.807, 2.05) is 0 Å². The maximum absolute atomic E-state index is 15.6. The zero-order chi connectivity index (χ0) is 79.3. The van der Waals surface area contributed by atoms with Crippen LogP contribution in [0.25, 0.3) is 0 Å². The van der Waals surface area contributed by atoms with Crippen LogP contribution in [0.1, 0.15) is 146 Å². The Hall–Kier alpha value is -8.84. The van der Waals surface area contributed by atoms with Crippen LogP contribution in [0, 0.1) is 11.8 Å². The van der Waals surface area contributed by atoms with Gasteiger partial charge < -0.3 is 69.5 Å². The van der Waals surface area contributed by atoms with E-state index in [9.17, 15) is 55.1 Å². The lowest BCUT2D eigenvalue weighted by molar-refractivity contribution is -0.157. The molecule has 2 aliphatic carbocycles. The highest BCUT2D eigenvalue weighted by molar-refractivity contribution is 6.01. The van der Waals surface area contributed by atoms with E-state index in [-0.39, 0.29) is 82.2 Å². The average molecular weight is 1510 g/mol. The Morgan fingerprint density at radius 2 is 1.32 bits per heavy atom. The number of nitrogens with one attached hydrogen (secondary N) is 3. The number of hydrogen-bond donors (Lipinski definition) is 3. The Bertz CT molecular complexity index is 3590. The van der Waals surface area contributed by atoms with Crippen LogP contribution in [0.4, 0.5) is 26.3 Å². The highest BCUT2D eigenvalue weighted by Crippen LogP contribution is 2.40. The van der Waals surface area contributed by atoms with Crippen LogP contribution in [-0.4, -0.2) is 271 Å². The molecule has 3 heterocycles. The molecule has 3 aliphatic heterocycles. The minimum absolute atomic E-state index is 0.0710. The van der Waals surface area contributed by atoms with Crippen molar-refractivity contribution in [2.24, 2.45) is 11.8 Å². The molecule has 26 nitrogen and oxygen atoms in total. The number of nitrogens with zero attached hydrogens (tertiary/aromatic N) is 9. The number of benzene rings is 2. The number of rotatable bonds is 14. The molecule has 0 unspecified atom stereocenters. The van der Waals surface area contributed by atoms with Gasteiger partial charge in [0, 0.05) is 88.9 Å². The number of halogens is 6. The Kier molecular flexibility index (Phi) is 29.4. The van der Waals surface area contributed by atoms with Crippen LogP contribution < -0.4 is 20.7 Å². The first-order valence-corrected chi connectivity index (χ1v) is 36.8. The van der Waals surface area contributed by atoms with Gasteiger partial charge in [-0.2, -0.15) is 26.3 Å². The first kappa shape index (κ1) is 85.4. The predicted molar refractivity (Wildman–Crippen MR) is 381 cm³/mol. The molecule has 2 saturated carbocycles. The number of methoxy groups -OCH3 is 1. The largest absolute Gasteiger partial charge is 0.496 e. The summed E-state index contributed by atoms with van der Waals surface area (Å²) in [5.74, 6) is -10.9. The molecule has 0 aromatic heterocycles. The summed E-state index contributed by atoms with van der Waals surface area (Å²) in [6, 6.07) is -4.33. The van der Waals surface area contributed by atoms with E-state index in [0.29, 0.717) is 44.9 Å². The van der Waals surface area contributed by atoms with Gasteiger partial charge in [0.1, 0.15) is 59.6 Å². The smallest absolute Gasteiger partial charge is 0.419 e. The summed E-state index contributed by atoms with van der Waals surface area (Å²) >= 11 is 0. The predicted octanol–water partition coefficient (Wildman–Crippen LogP) is 5.22. The standard InChI is InChI=1S/C75H106F6N12O14/c1-14-23-53-64(97)83-62(45(4)15-2)70(103)87(8)44-61(96)89(10)54-26-18-17-21-37-92(69(54)102)57(38-46-27-31-49(32-28-46)74(76,77)78)68(101)86(7)43-59(94)82-52(34-30-47-29-33-51(75(79,80)81)58(39-47)106-13)66(99)93-42-50(107-16-3)40-55(93)65(98)84-73(35-22-36-73)72(105)91(12)63(48-24-19-20-25-48)71(104)90(11)56(67(100)85(5)6)41-60(95)88(53)9/h17-18,27-29,31-33,39,45,48,50,52-57,62-63H,14-16,19-26,30,34-38,40-44H2,1-13H3,(H,82,94)(H,83,97)(H,84,98)/b18-17-/t45-,50+,52-,53-,54-,55-,56-,57-,62-,63-/m0/s1. The third-order valence-corrected chi connectivity index (χ3v) is 21.8. The van der Waals surface area contributed by atoms with Gasteiger partial charge in [-0.05, 0) is 118 Å². The third kappa shape index (κ3) is 20.5. The molecule has 592 valence electrons. The highest BCUT2D eigenvalue weighted by atomic mass is 19.4. The van der Waals surface area contributed by atoms with E-state index in [1.54, 1.807) is 39.8 Å². The van der Waals surface area contributed by atoms with Crippen LogP contribution in [-0.2, 0) is 87.5 Å². The van der Waals surface area contributed by atoms with Gasteiger partial charge in [0.2, 0.25) is 70.9 Å². The van der Waals surface area contributed by atoms with Crippen LogP contribution in [0.3, 0.4) is 0 Å². The summed E-state index contributed by atoms with van der Waals surface area (Å²) in [4.78, 5) is 191. The molecule has 1 spiro atoms. The maximum Gasteiger partial charge on any atom is 0.419 e. The van der Waals surface area contributed by atoms with Gasteiger partial charge in [-0.15, -0.1) is 0 Å². The van der Waals surface area contributed by atoms with Crippen molar-refractivity contribution in [2.75, 3.05) is 96.3 Å².